The van der Waals surface area contributed by atoms with Crippen molar-refractivity contribution in [1.29, 1.82) is 0 Å². The van der Waals surface area contributed by atoms with Gasteiger partial charge in [-0.25, -0.2) is 0 Å². The number of hydrogen-bond donors (Lipinski definition) is 1. The van der Waals surface area contributed by atoms with Crippen molar-refractivity contribution in [2.45, 2.75) is 40.5 Å². The Hall–Kier alpha value is -0.560. The number of allylic oxidation sites excluding steroid dienone is 4. The molecule has 0 aromatic heterocycles. The first kappa shape index (κ1) is 10.5. The number of aliphatic hydroxyl groups excluding tert-OH is 1. The van der Waals surface area contributed by atoms with Gasteiger partial charge < -0.3 is 5.11 Å². The first-order valence-electron chi connectivity index (χ1n) is 5.05. The molecule has 0 atom stereocenters. The average Bonchev–Trinajstić information content (AvgIpc) is 2.30. The molecule has 74 valence electrons. The van der Waals surface area contributed by atoms with Crippen LogP contribution in [0.25, 0.3) is 0 Å². The Bertz CT molecular complexity index is 234. The largest absolute Gasteiger partial charge is 0.396 e. The van der Waals surface area contributed by atoms with E-state index in [1.807, 2.05) is 0 Å². The molecule has 0 fully saturated rings. The predicted molar refractivity (Wildman–Crippen MR) is 56.6 cm³/mol. The van der Waals surface area contributed by atoms with Gasteiger partial charge in [-0.1, -0.05) is 11.1 Å². The summed E-state index contributed by atoms with van der Waals surface area (Å²) in [5, 5.41) is 8.80. The van der Waals surface area contributed by atoms with E-state index in [1.54, 1.807) is 0 Å². The Balaban J connectivity index is 2.77. The van der Waals surface area contributed by atoms with Crippen molar-refractivity contribution in [3.63, 3.8) is 0 Å². The summed E-state index contributed by atoms with van der Waals surface area (Å²) in [7, 11) is 0. The van der Waals surface area contributed by atoms with Gasteiger partial charge in [0.15, 0.2) is 0 Å². The van der Waals surface area contributed by atoms with Crippen molar-refractivity contribution in [3.05, 3.63) is 22.3 Å². The summed E-state index contributed by atoms with van der Waals surface area (Å²) >= 11 is 0. The molecule has 1 heteroatoms. The zero-order valence-electron chi connectivity index (χ0n) is 9.15. The van der Waals surface area contributed by atoms with E-state index in [0.29, 0.717) is 12.5 Å². The first-order valence-corrected chi connectivity index (χ1v) is 5.05. The molecule has 1 aliphatic carbocycles. The van der Waals surface area contributed by atoms with Crippen LogP contribution in [0.15, 0.2) is 22.3 Å². The molecule has 0 amide bonds. The summed E-state index contributed by atoms with van der Waals surface area (Å²) < 4.78 is 0. The van der Waals surface area contributed by atoms with Crippen LogP contribution in [0, 0.1) is 5.92 Å². The summed E-state index contributed by atoms with van der Waals surface area (Å²) in [5.41, 5.74) is 5.92. The highest BCUT2D eigenvalue weighted by atomic mass is 16.2. The molecule has 0 aromatic rings. The van der Waals surface area contributed by atoms with Crippen LogP contribution in [0.3, 0.4) is 0 Å². The van der Waals surface area contributed by atoms with Gasteiger partial charge in [0.05, 0.1) is 0 Å². The van der Waals surface area contributed by atoms with Crippen LogP contribution in [0.5, 0.6) is 0 Å². The number of rotatable bonds is 3. The summed E-state index contributed by atoms with van der Waals surface area (Å²) in [6, 6.07) is 0. The molecule has 0 aromatic carbocycles. The Morgan fingerprint density at radius 3 is 1.85 bits per heavy atom. The summed E-state index contributed by atoms with van der Waals surface area (Å²) in [6.07, 6.45) is 2.02. The quantitative estimate of drug-likeness (QED) is 0.707. The smallest absolute Gasteiger partial charge is 0.0431 e. The van der Waals surface area contributed by atoms with E-state index in [4.69, 9.17) is 5.11 Å². The van der Waals surface area contributed by atoms with Crippen molar-refractivity contribution in [1.82, 2.24) is 0 Å². The lowest BCUT2D eigenvalue weighted by atomic mass is 9.92. The lowest BCUT2D eigenvalue weighted by molar-refractivity contribution is 0.279. The third kappa shape index (κ3) is 1.86. The van der Waals surface area contributed by atoms with E-state index < -0.39 is 0 Å². The van der Waals surface area contributed by atoms with Crippen LogP contribution < -0.4 is 0 Å². The van der Waals surface area contributed by atoms with Crippen LogP contribution in [0.2, 0.25) is 0 Å². The maximum atomic E-state index is 8.80. The van der Waals surface area contributed by atoms with E-state index in [1.165, 1.54) is 22.3 Å². The van der Waals surface area contributed by atoms with Gasteiger partial charge in [-0.15, -0.1) is 0 Å². The van der Waals surface area contributed by atoms with Gasteiger partial charge in [-0.3, -0.25) is 0 Å². The zero-order chi connectivity index (χ0) is 10.0. The SMILES string of the molecule is CC1=C(C)C(CCCO)C(C)=C1C. The minimum atomic E-state index is 0.315. The molecule has 1 aliphatic rings. The van der Waals surface area contributed by atoms with Gasteiger partial charge in [0.2, 0.25) is 0 Å². The van der Waals surface area contributed by atoms with Crippen molar-refractivity contribution < 1.29 is 5.11 Å². The predicted octanol–water partition coefficient (Wildman–Crippen LogP) is 3.06. The van der Waals surface area contributed by atoms with Gasteiger partial charge in [0.25, 0.3) is 0 Å². The minimum absolute atomic E-state index is 0.315. The molecule has 1 nitrogen and oxygen atoms in total. The Morgan fingerprint density at radius 2 is 1.46 bits per heavy atom. The first-order chi connectivity index (χ1) is 6.09. The van der Waals surface area contributed by atoms with Crippen LogP contribution in [0.1, 0.15) is 40.5 Å². The zero-order valence-corrected chi connectivity index (χ0v) is 9.15. The third-order valence-corrected chi connectivity index (χ3v) is 3.44. The van der Waals surface area contributed by atoms with Gasteiger partial charge in [0.1, 0.15) is 0 Å². The molecule has 0 spiro atoms. The van der Waals surface area contributed by atoms with E-state index in [9.17, 15) is 0 Å². The monoisotopic (exact) mass is 180 g/mol. The van der Waals surface area contributed by atoms with Gasteiger partial charge >= 0.3 is 0 Å². The number of hydrogen-bond acceptors (Lipinski definition) is 1. The standard InChI is InChI=1S/C12H20O/c1-8-9(2)11(4)12(10(8)3)6-5-7-13/h12-13H,5-7H2,1-4H3. The number of aliphatic hydroxyl groups is 1. The molecule has 13 heavy (non-hydrogen) atoms. The summed E-state index contributed by atoms with van der Waals surface area (Å²) in [4.78, 5) is 0. The van der Waals surface area contributed by atoms with Crippen molar-refractivity contribution in [3.8, 4) is 0 Å². The van der Waals surface area contributed by atoms with Gasteiger partial charge in [-0.2, -0.15) is 0 Å². The highest BCUT2D eigenvalue weighted by molar-refractivity contribution is 5.46. The molecule has 0 heterocycles. The summed E-state index contributed by atoms with van der Waals surface area (Å²) in [6.45, 7) is 9.16. The molecular formula is C12H20O. The Kier molecular flexibility index (Phi) is 3.32. The molecule has 1 rings (SSSR count). The maximum absolute atomic E-state index is 8.80. The topological polar surface area (TPSA) is 20.2 Å². The Morgan fingerprint density at radius 1 is 1.00 bits per heavy atom. The second kappa shape index (κ2) is 4.10. The van der Waals surface area contributed by atoms with Crippen molar-refractivity contribution in [2.75, 3.05) is 6.61 Å². The molecule has 0 unspecified atom stereocenters. The van der Waals surface area contributed by atoms with Crippen LogP contribution in [-0.4, -0.2) is 11.7 Å². The van der Waals surface area contributed by atoms with E-state index in [-0.39, 0.29) is 0 Å². The highest BCUT2D eigenvalue weighted by Crippen LogP contribution is 2.38. The summed E-state index contributed by atoms with van der Waals surface area (Å²) in [5.74, 6) is 0.604. The minimum Gasteiger partial charge on any atom is -0.396 e. The van der Waals surface area contributed by atoms with Crippen molar-refractivity contribution >= 4 is 0 Å². The second-order valence-corrected chi connectivity index (χ2v) is 4.03. The lowest BCUT2D eigenvalue weighted by Gasteiger charge is -2.13. The van der Waals surface area contributed by atoms with Gasteiger partial charge in [0, 0.05) is 12.5 Å². The second-order valence-electron chi connectivity index (χ2n) is 4.03. The third-order valence-electron chi connectivity index (χ3n) is 3.44. The highest BCUT2D eigenvalue weighted by Gasteiger charge is 2.23. The fourth-order valence-electron chi connectivity index (χ4n) is 2.17. The molecule has 0 saturated carbocycles. The Labute approximate surface area is 81.2 Å². The molecular weight excluding hydrogens is 160 g/mol. The fraction of sp³-hybridized carbons (Fsp3) is 0.667. The van der Waals surface area contributed by atoms with Crippen molar-refractivity contribution in [2.24, 2.45) is 5.92 Å². The lowest BCUT2D eigenvalue weighted by Crippen LogP contribution is -2.02. The molecule has 0 aliphatic heterocycles. The normalized spacial score (nSPS) is 19.2. The van der Waals surface area contributed by atoms with Crippen LogP contribution >= 0.6 is 0 Å². The van der Waals surface area contributed by atoms with E-state index >= 15 is 0 Å². The van der Waals surface area contributed by atoms with Gasteiger partial charge in [-0.05, 0) is 51.7 Å². The molecule has 0 radical (unpaired) electrons. The van der Waals surface area contributed by atoms with E-state index in [0.717, 1.165) is 12.8 Å². The average molecular weight is 180 g/mol. The molecule has 0 bridgehead atoms. The molecule has 0 saturated heterocycles. The van der Waals surface area contributed by atoms with Crippen LogP contribution in [-0.2, 0) is 0 Å². The maximum Gasteiger partial charge on any atom is 0.0431 e. The van der Waals surface area contributed by atoms with Crippen LogP contribution in [0.4, 0.5) is 0 Å². The molecule has 1 N–H and O–H groups in total. The van der Waals surface area contributed by atoms with E-state index in [2.05, 4.69) is 27.7 Å². The fourth-order valence-corrected chi connectivity index (χ4v) is 2.17.